The van der Waals surface area contributed by atoms with Crippen molar-refractivity contribution < 1.29 is 4.74 Å². The maximum atomic E-state index is 11.0. The normalized spacial score (nSPS) is 12.9. The molecule has 0 heterocycles. The zero-order chi connectivity index (χ0) is 20.2. The fraction of sp³-hybridized carbons (Fsp3) is 0.435. The summed E-state index contributed by atoms with van der Waals surface area (Å²) >= 11 is 0. The Kier molecular flexibility index (Phi) is 6.05. The highest BCUT2D eigenvalue weighted by Crippen LogP contribution is 2.33. The summed E-state index contributed by atoms with van der Waals surface area (Å²) in [6, 6.07) is 14.6. The molecule has 0 radical (unpaired) electrons. The lowest BCUT2D eigenvalue weighted by molar-refractivity contribution is 0.303. The summed E-state index contributed by atoms with van der Waals surface area (Å²) in [7, 11) is 0. The number of nitrogens with zero attached hydrogens (tertiary/aromatic N) is 2. The summed E-state index contributed by atoms with van der Waals surface area (Å²) in [6.07, 6.45) is 0. The van der Waals surface area contributed by atoms with Gasteiger partial charge in [0, 0.05) is 5.56 Å². The zero-order valence-corrected chi connectivity index (χ0v) is 17.0. The van der Waals surface area contributed by atoms with Gasteiger partial charge < -0.3 is 4.74 Å². The standard InChI is InChI=1S/C23H28N2O2/c1-22(2,3)17-11-18(23(4,5)6)13-19(12-17)27-15-16-9-7-8-10-20(16)21(14-24)25-26/h7-13,21H,15H2,1-6H3. The Morgan fingerprint density at radius 1 is 1.00 bits per heavy atom. The van der Waals surface area contributed by atoms with Crippen LogP contribution in [0.3, 0.4) is 0 Å². The molecule has 2 rings (SSSR count). The van der Waals surface area contributed by atoms with Crippen LogP contribution in [0.15, 0.2) is 47.6 Å². The third-order valence-electron chi connectivity index (χ3n) is 4.61. The fourth-order valence-electron chi connectivity index (χ4n) is 2.79. The molecule has 0 bridgehead atoms. The van der Waals surface area contributed by atoms with Gasteiger partial charge in [-0.2, -0.15) is 5.26 Å². The Morgan fingerprint density at radius 2 is 1.56 bits per heavy atom. The van der Waals surface area contributed by atoms with E-state index in [0.29, 0.717) is 5.56 Å². The summed E-state index contributed by atoms with van der Waals surface area (Å²) in [5, 5.41) is 12.1. The van der Waals surface area contributed by atoms with Crippen LogP contribution in [0.1, 0.15) is 69.8 Å². The summed E-state index contributed by atoms with van der Waals surface area (Å²) in [5.74, 6) is 0.787. The molecule has 27 heavy (non-hydrogen) atoms. The van der Waals surface area contributed by atoms with Gasteiger partial charge in [-0.3, -0.25) is 0 Å². The van der Waals surface area contributed by atoms with Crippen LogP contribution in [0.25, 0.3) is 0 Å². The first kappa shape index (κ1) is 20.6. The van der Waals surface area contributed by atoms with Crippen molar-refractivity contribution in [3.8, 4) is 11.8 Å². The van der Waals surface area contributed by atoms with Crippen LogP contribution in [-0.4, -0.2) is 0 Å². The Labute approximate surface area is 162 Å². The van der Waals surface area contributed by atoms with E-state index < -0.39 is 6.04 Å². The summed E-state index contributed by atoms with van der Waals surface area (Å²) in [5.41, 5.74) is 3.82. The Hall–Kier alpha value is -2.67. The molecule has 2 aromatic carbocycles. The minimum Gasteiger partial charge on any atom is -0.489 e. The molecular weight excluding hydrogens is 336 g/mol. The largest absolute Gasteiger partial charge is 0.489 e. The van der Waals surface area contributed by atoms with E-state index in [0.717, 1.165) is 11.3 Å². The topological polar surface area (TPSA) is 62.4 Å². The van der Waals surface area contributed by atoms with Gasteiger partial charge in [0.15, 0.2) is 0 Å². The number of ether oxygens (including phenoxy) is 1. The van der Waals surface area contributed by atoms with Crippen LogP contribution >= 0.6 is 0 Å². The van der Waals surface area contributed by atoms with E-state index in [-0.39, 0.29) is 17.4 Å². The lowest BCUT2D eigenvalue weighted by atomic mass is 9.80. The molecule has 0 N–H and O–H groups in total. The highest BCUT2D eigenvalue weighted by atomic mass is 16.5. The number of hydrogen-bond donors (Lipinski definition) is 0. The molecule has 0 aliphatic rings. The fourth-order valence-corrected chi connectivity index (χ4v) is 2.79. The minimum atomic E-state index is -1.02. The Morgan fingerprint density at radius 3 is 2.04 bits per heavy atom. The Bertz CT molecular complexity index is 820. The predicted molar refractivity (Wildman–Crippen MR) is 109 cm³/mol. The molecule has 4 heteroatoms. The van der Waals surface area contributed by atoms with Crippen molar-refractivity contribution in [1.82, 2.24) is 0 Å². The van der Waals surface area contributed by atoms with Crippen LogP contribution < -0.4 is 4.74 Å². The molecule has 0 saturated heterocycles. The quantitative estimate of drug-likeness (QED) is 0.594. The van der Waals surface area contributed by atoms with Crippen LogP contribution in [0, 0.1) is 16.2 Å². The van der Waals surface area contributed by atoms with E-state index in [2.05, 4.69) is 64.9 Å². The highest BCUT2D eigenvalue weighted by Gasteiger charge is 2.21. The Balaban J connectivity index is 2.37. The second-order valence-electron chi connectivity index (χ2n) is 8.87. The average Bonchev–Trinajstić information content (AvgIpc) is 2.60. The monoisotopic (exact) mass is 364 g/mol. The van der Waals surface area contributed by atoms with Crippen LogP contribution in [0.4, 0.5) is 0 Å². The molecule has 0 aliphatic heterocycles. The van der Waals surface area contributed by atoms with E-state index in [1.54, 1.807) is 12.1 Å². The number of hydrogen-bond acceptors (Lipinski definition) is 4. The predicted octanol–water partition coefficient (Wildman–Crippen LogP) is 6.19. The number of nitriles is 1. The smallest absolute Gasteiger partial charge is 0.203 e. The van der Waals surface area contributed by atoms with Crippen molar-refractivity contribution >= 4 is 0 Å². The lowest BCUT2D eigenvalue weighted by Crippen LogP contribution is -2.16. The summed E-state index contributed by atoms with van der Waals surface area (Å²) < 4.78 is 6.09. The third-order valence-corrected chi connectivity index (χ3v) is 4.61. The summed E-state index contributed by atoms with van der Waals surface area (Å²) in [6.45, 7) is 13.4. The molecule has 2 aromatic rings. The first-order valence-electron chi connectivity index (χ1n) is 9.15. The van der Waals surface area contributed by atoms with Crippen LogP contribution in [0.5, 0.6) is 5.75 Å². The van der Waals surface area contributed by atoms with E-state index in [4.69, 9.17) is 10.00 Å². The number of benzene rings is 2. The molecule has 0 fully saturated rings. The van der Waals surface area contributed by atoms with Gasteiger partial charge in [0.2, 0.25) is 6.04 Å². The number of nitroso groups, excluding NO2 is 1. The molecule has 0 spiro atoms. The highest BCUT2D eigenvalue weighted by molar-refractivity contribution is 5.41. The van der Waals surface area contributed by atoms with Gasteiger partial charge in [-0.1, -0.05) is 71.9 Å². The van der Waals surface area contributed by atoms with Gasteiger partial charge in [0.25, 0.3) is 0 Å². The second-order valence-corrected chi connectivity index (χ2v) is 8.87. The molecule has 0 saturated carbocycles. The van der Waals surface area contributed by atoms with Gasteiger partial charge in [-0.15, -0.1) is 4.91 Å². The van der Waals surface area contributed by atoms with Crippen molar-refractivity contribution in [3.63, 3.8) is 0 Å². The van der Waals surface area contributed by atoms with E-state index >= 15 is 0 Å². The summed E-state index contributed by atoms with van der Waals surface area (Å²) in [4.78, 5) is 11.0. The SMILES string of the molecule is CC(C)(C)c1cc(OCc2ccccc2C(C#N)N=O)cc(C(C)(C)C)c1. The van der Waals surface area contributed by atoms with Crippen molar-refractivity contribution in [2.75, 3.05) is 0 Å². The van der Waals surface area contributed by atoms with Gasteiger partial charge in [0.1, 0.15) is 12.4 Å². The second kappa shape index (κ2) is 7.92. The number of rotatable bonds is 5. The average molecular weight is 364 g/mol. The van der Waals surface area contributed by atoms with Gasteiger partial charge in [0.05, 0.1) is 6.07 Å². The van der Waals surface area contributed by atoms with Gasteiger partial charge >= 0.3 is 0 Å². The molecular formula is C23H28N2O2. The molecule has 142 valence electrons. The maximum absolute atomic E-state index is 11.0. The van der Waals surface area contributed by atoms with E-state index in [9.17, 15) is 4.91 Å². The van der Waals surface area contributed by atoms with Crippen molar-refractivity contribution in [1.29, 1.82) is 5.26 Å². The molecule has 1 atom stereocenters. The first-order chi connectivity index (χ1) is 12.6. The zero-order valence-electron chi connectivity index (χ0n) is 17.0. The van der Waals surface area contributed by atoms with Gasteiger partial charge in [-0.25, -0.2) is 0 Å². The van der Waals surface area contributed by atoms with Crippen molar-refractivity contribution in [2.45, 2.75) is 65.0 Å². The molecule has 0 aliphatic carbocycles. The van der Waals surface area contributed by atoms with Crippen molar-refractivity contribution in [3.05, 3.63) is 69.6 Å². The van der Waals surface area contributed by atoms with Crippen LogP contribution in [-0.2, 0) is 17.4 Å². The van der Waals surface area contributed by atoms with Gasteiger partial charge in [-0.05, 0) is 44.8 Å². The molecule has 4 nitrogen and oxygen atoms in total. The lowest BCUT2D eigenvalue weighted by Gasteiger charge is -2.26. The first-order valence-corrected chi connectivity index (χ1v) is 9.15. The minimum absolute atomic E-state index is 0.00458. The molecule has 0 aromatic heterocycles. The molecule has 1 unspecified atom stereocenters. The van der Waals surface area contributed by atoms with E-state index in [1.807, 2.05) is 18.2 Å². The van der Waals surface area contributed by atoms with Crippen LogP contribution in [0.2, 0.25) is 0 Å². The van der Waals surface area contributed by atoms with E-state index in [1.165, 1.54) is 11.1 Å². The van der Waals surface area contributed by atoms with Crippen molar-refractivity contribution in [2.24, 2.45) is 5.18 Å². The maximum Gasteiger partial charge on any atom is 0.203 e. The third kappa shape index (κ3) is 5.17. The molecule has 0 amide bonds.